The minimum Gasteiger partial charge on any atom is -0.355 e. The highest BCUT2D eigenvalue weighted by atomic mass is 79.9. The quantitative estimate of drug-likeness (QED) is 0.886. The first-order valence-corrected chi connectivity index (χ1v) is 6.59. The van der Waals surface area contributed by atoms with Crippen molar-refractivity contribution in [2.24, 2.45) is 5.92 Å². The fourth-order valence-corrected chi connectivity index (χ4v) is 2.90. The Bertz CT molecular complexity index is 354. The lowest BCUT2D eigenvalue weighted by atomic mass is 10.0. The Labute approximate surface area is 114 Å². The lowest BCUT2D eigenvalue weighted by molar-refractivity contribution is -0.126. The standard InChI is InChI=1S/C10H13BrN2OS.ClH/c11-9-2-1-8(15-9)3-4-13-10(14)7-5-12-6-7;/h1-2,7,12H,3-6H2,(H,13,14);1H. The molecular weight excluding hydrogens is 312 g/mol. The van der Waals surface area contributed by atoms with Gasteiger partial charge in [0, 0.05) is 24.5 Å². The van der Waals surface area contributed by atoms with Gasteiger partial charge in [-0.2, -0.15) is 0 Å². The average molecular weight is 326 g/mol. The van der Waals surface area contributed by atoms with Gasteiger partial charge in [0.25, 0.3) is 0 Å². The highest BCUT2D eigenvalue weighted by molar-refractivity contribution is 9.11. The molecule has 0 unspecified atom stereocenters. The fourth-order valence-electron chi connectivity index (χ4n) is 1.41. The summed E-state index contributed by atoms with van der Waals surface area (Å²) in [4.78, 5) is 12.8. The maximum Gasteiger partial charge on any atom is 0.225 e. The molecule has 2 heterocycles. The van der Waals surface area contributed by atoms with Crippen LogP contribution in [0.15, 0.2) is 15.9 Å². The number of hydrogen-bond acceptors (Lipinski definition) is 3. The Morgan fingerprint density at radius 3 is 2.81 bits per heavy atom. The summed E-state index contributed by atoms with van der Waals surface area (Å²) < 4.78 is 1.15. The summed E-state index contributed by atoms with van der Waals surface area (Å²) in [7, 11) is 0. The Balaban J connectivity index is 0.00000128. The molecule has 6 heteroatoms. The zero-order chi connectivity index (χ0) is 10.7. The maximum absolute atomic E-state index is 11.5. The summed E-state index contributed by atoms with van der Waals surface area (Å²) in [5.41, 5.74) is 0. The molecule has 90 valence electrons. The maximum atomic E-state index is 11.5. The van der Waals surface area contributed by atoms with Gasteiger partial charge in [-0.05, 0) is 34.5 Å². The molecule has 0 bridgehead atoms. The highest BCUT2D eigenvalue weighted by Crippen LogP contribution is 2.22. The van der Waals surface area contributed by atoms with E-state index in [-0.39, 0.29) is 24.2 Å². The van der Waals surface area contributed by atoms with E-state index < -0.39 is 0 Å². The summed E-state index contributed by atoms with van der Waals surface area (Å²) in [6.07, 6.45) is 0.919. The monoisotopic (exact) mass is 324 g/mol. The zero-order valence-corrected chi connectivity index (χ0v) is 11.9. The molecule has 0 radical (unpaired) electrons. The van der Waals surface area contributed by atoms with E-state index in [1.54, 1.807) is 11.3 Å². The molecule has 3 nitrogen and oxygen atoms in total. The molecular formula is C10H14BrClN2OS. The molecule has 2 rings (SSSR count). The van der Waals surface area contributed by atoms with Gasteiger partial charge in [0.2, 0.25) is 5.91 Å². The largest absolute Gasteiger partial charge is 0.355 e. The first kappa shape index (κ1) is 14.0. The van der Waals surface area contributed by atoms with Crippen LogP contribution in [0.25, 0.3) is 0 Å². The van der Waals surface area contributed by atoms with Gasteiger partial charge in [0.15, 0.2) is 0 Å². The van der Waals surface area contributed by atoms with Gasteiger partial charge in [0.1, 0.15) is 0 Å². The predicted molar refractivity (Wildman–Crippen MR) is 72.3 cm³/mol. The summed E-state index contributed by atoms with van der Waals surface area (Å²) in [6.45, 7) is 2.40. The zero-order valence-electron chi connectivity index (χ0n) is 8.66. The molecule has 2 N–H and O–H groups in total. The first-order valence-electron chi connectivity index (χ1n) is 4.98. The van der Waals surface area contributed by atoms with E-state index in [1.807, 2.05) is 6.07 Å². The summed E-state index contributed by atoms with van der Waals surface area (Å²) in [6, 6.07) is 4.13. The van der Waals surface area contributed by atoms with Crippen molar-refractivity contribution in [2.45, 2.75) is 6.42 Å². The molecule has 1 aliphatic heterocycles. The Morgan fingerprint density at radius 2 is 2.31 bits per heavy atom. The minimum absolute atomic E-state index is 0. The van der Waals surface area contributed by atoms with Crippen molar-refractivity contribution in [3.63, 3.8) is 0 Å². The second-order valence-electron chi connectivity index (χ2n) is 3.60. The second-order valence-corrected chi connectivity index (χ2v) is 6.15. The third kappa shape index (κ3) is 3.73. The molecule has 1 fully saturated rings. The van der Waals surface area contributed by atoms with Gasteiger partial charge >= 0.3 is 0 Å². The van der Waals surface area contributed by atoms with Crippen LogP contribution in [-0.2, 0) is 11.2 Å². The van der Waals surface area contributed by atoms with Crippen molar-refractivity contribution in [3.05, 3.63) is 20.8 Å². The second kappa shape index (κ2) is 6.59. The first-order chi connectivity index (χ1) is 7.25. The number of hydrogen-bond donors (Lipinski definition) is 2. The van der Waals surface area contributed by atoms with Crippen molar-refractivity contribution in [3.8, 4) is 0 Å². The van der Waals surface area contributed by atoms with Gasteiger partial charge < -0.3 is 10.6 Å². The van der Waals surface area contributed by atoms with Crippen molar-refractivity contribution >= 4 is 45.6 Å². The molecule has 1 aliphatic rings. The topological polar surface area (TPSA) is 41.1 Å². The van der Waals surface area contributed by atoms with Crippen LogP contribution in [-0.4, -0.2) is 25.5 Å². The normalized spacial score (nSPS) is 15.1. The van der Waals surface area contributed by atoms with Crippen LogP contribution in [0, 0.1) is 5.92 Å². The van der Waals surface area contributed by atoms with Crippen molar-refractivity contribution in [1.29, 1.82) is 0 Å². The van der Waals surface area contributed by atoms with Crippen LogP contribution in [0.2, 0.25) is 0 Å². The van der Waals surface area contributed by atoms with E-state index in [9.17, 15) is 4.79 Å². The number of rotatable bonds is 4. The highest BCUT2D eigenvalue weighted by Gasteiger charge is 2.23. The third-order valence-corrected chi connectivity index (χ3v) is 4.14. The Hall–Kier alpha value is -0.100. The Kier molecular flexibility index (Phi) is 5.75. The molecule has 16 heavy (non-hydrogen) atoms. The molecule has 0 spiro atoms. The van der Waals surface area contributed by atoms with Crippen LogP contribution in [0.1, 0.15) is 4.88 Å². The molecule has 0 saturated carbocycles. The number of carbonyl (C=O) groups is 1. The van der Waals surface area contributed by atoms with Crippen LogP contribution in [0.4, 0.5) is 0 Å². The molecule has 1 aromatic heterocycles. The van der Waals surface area contributed by atoms with Crippen LogP contribution < -0.4 is 10.6 Å². The molecule has 0 atom stereocenters. The van der Waals surface area contributed by atoms with Gasteiger partial charge in [-0.3, -0.25) is 4.79 Å². The van der Waals surface area contributed by atoms with E-state index >= 15 is 0 Å². The van der Waals surface area contributed by atoms with E-state index in [4.69, 9.17) is 0 Å². The van der Waals surface area contributed by atoms with E-state index in [2.05, 4.69) is 32.6 Å². The predicted octanol–water partition coefficient (Wildman–Crippen LogP) is 1.81. The van der Waals surface area contributed by atoms with Gasteiger partial charge in [-0.1, -0.05) is 0 Å². The van der Waals surface area contributed by atoms with Gasteiger partial charge in [0.05, 0.1) is 9.70 Å². The molecule has 1 saturated heterocycles. The summed E-state index contributed by atoms with van der Waals surface area (Å²) >= 11 is 5.14. The lowest BCUT2D eigenvalue weighted by Gasteiger charge is -2.25. The summed E-state index contributed by atoms with van der Waals surface area (Å²) in [5.74, 6) is 0.379. The van der Waals surface area contributed by atoms with Crippen molar-refractivity contribution in [2.75, 3.05) is 19.6 Å². The minimum atomic E-state index is 0. The SMILES string of the molecule is Cl.O=C(NCCc1ccc(Br)s1)C1CNC1. The third-order valence-electron chi connectivity index (χ3n) is 2.45. The van der Waals surface area contributed by atoms with Crippen molar-refractivity contribution < 1.29 is 4.79 Å². The van der Waals surface area contributed by atoms with Crippen LogP contribution >= 0.6 is 39.7 Å². The van der Waals surface area contributed by atoms with Crippen LogP contribution in [0.5, 0.6) is 0 Å². The van der Waals surface area contributed by atoms with Crippen LogP contribution in [0.3, 0.4) is 0 Å². The van der Waals surface area contributed by atoms with E-state index in [1.165, 1.54) is 4.88 Å². The molecule has 0 aromatic carbocycles. The lowest BCUT2D eigenvalue weighted by Crippen LogP contribution is -2.51. The van der Waals surface area contributed by atoms with Crippen molar-refractivity contribution in [1.82, 2.24) is 10.6 Å². The summed E-state index contributed by atoms with van der Waals surface area (Å²) in [5, 5.41) is 6.04. The molecule has 0 aliphatic carbocycles. The van der Waals surface area contributed by atoms with E-state index in [0.29, 0.717) is 0 Å². The fraction of sp³-hybridized carbons (Fsp3) is 0.500. The molecule has 1 amide bonds. The number of halogens is 2. The number of thiophene rings is 1. The van der Waals surface area contributed by atoms with E-state index in [0.717, 1.165) is 29.8 Å². The van der Waals surface area contributed by atoms with Gasteiger partial charge in [-0.15, -0.1) is 23.7 Å². The Morgan fingerprint density at radius 1 is 1.56 bits per heavy atom. The molecule has 1 aromatic rings. The number of amides is 1. The van der Waals surface area contributed by atoms with Gasteiger partial charge in [-0.25, -0.2) is 0 Å². The average Bonchev–Trinajstić information content (AvgIpc) is 2.48. The smallest absolute Gasteiger partial charge is 0.225 e. The number of carbonyl (C=O) groups excluding carboxylic acids is 1. The number of nitrogens with one attached hydrogen (secondary N) is 2.